The van der Waals surface area contributed by atoms with Crippen LogP contribution in [0.1, 0.15) is 13.8 Å². The Bertz CT molecular complexity index is 773. The minimum absolute atomic E-state index is 0.0450. The highest BCUT2D eigenvalue weighted by molar-refractivity contribution is 5.62. The molecule has 8 nitrogen and oxygen atoms in total. The second-order valence-electron chi connectivity index (χ2n) is 4.98. The average molecular weight is 330 g/mol. The maximum Gasteiger partial charge on any atom is 0.271 e. The zero-order valence-electron chi connectivity index (χ0n) is 13.4. The van der Waals surface area contributed by atoms with Gasteiger partial charge in [0, 0.05) is 37.0 Å². The number of anilines is 1. The summed E-state index contributed by atoms with van der Waals surface area (Å²) in [5, 5.41) is 38.2. The third kappa shape index (κ3) is 3.78. The summed E-state index contributed by atoms with van der Waals surface area (Å²) in [5.74, 6) is -0.295. The van der Waals surface area contributed by atoms with Crippen LogP contribution in [-0.4, -0.2) is 28.2 Å². The lowest BCUT2D eigenvalue weighted by Gasteiger charge is -2.21. The van der Waals surface area contributed by atoms with E-state index in [0.717, 1.165) is 24.8 Å². The third-order valence-electron chi connectivity index (χ3n) is 3.52. The standard InChI is InChI=1S/C16H18N4O4/c1-3-19(4-2)11-5-7-13(16(22)10-11)17-18-14-9-12(20(23)24)6-8-15(14)21/h5-10,21-22H,3-4H2,1-2H3. The Morgan fingerprint density at radius 1 is 1.00 bits per heavy atom. The first-order valence-electron chi connectivity index (χ1n) is 7.43. The van der Waals surface area contributed by atoms with Crippen molar-refractivity contribution in [3.8, 4) is 11.5 Å². The van der Waals surface area contributed by atoms with Crippen LogP contribution in [0.5, 0.6) is 11.5 Å². The van der Waals surface area contributed by atoms with Crippen LogP contribution in [0, 0.1) is 10.1 Å². The number of azo groups is 1. The van der Waals surface area contributed by atoms with E-state index in [9.17, 15) is 20.3 Å². The number of phenols is 2. The van der Waals surface area contributed by atoms with Crippen molar-refractivity contribution in [3.05, 3.63) is 46.5 Å². The summed E-state index contributed by atoms with van der Waals surface area (Å²) in [6.45, 7) is 5.63. The molecule has 0 aliphatic rings. The predicted molar refractivity (Wildman–Crippen MR) is 90.6 cm³/mol. The van der Waals surface area contributed by atoms with Gasteiger partial charge in [-0.15, -0.1) is 10.2 Å². The number of nitro benzene ring substituents is 1. The second-order valence-corrected chi connectivity index (χ2v) is 4.98. The topological polar surface area (TPSA) is 112 Å². The summed E-state index contributed by atoms with van der Waals surface area (Å²) in [7, 11) is 0. The smallest absolute Gasteiger partial charge is 0.271 e. The minimum atomic E-state index is -0.588. The quantitative estimate of drug-likeness (QED) is 0.467. The number of nitro groups is 1. The van der Waals surface area contributed by atoms with Gasteiger partial charge < -0.3 is 15.1 Å². The molecule has 0 aliphatic heterocycles. The Morgan fingerprint density at radius 3 is 2.25 bits per heavy atom. The minimum Gasteiger partial charge on any atom is -0.506 e. The van der Waals surface area contributed by atoms with Crippen LogP contribution in [0.15, 0.2) is 46.6 Å². The molecule has 2 rings (SSSR count). The van der Waals surface area contributed by atoms with Crippen molar-refractivity contribution in [2.24, 2.45) is 10.2 Å². The summed E-state index contributed by atoms with van der Waals surface area (Å²) in [6, 6.07) is 8.44. The molecule has 2 N–H and O–H groups in total. The van der Waals surface area contributed by atoms with Crippen molar-refractivity contribution in [1.29, 1.82) is 0 Å². The summed E-state index contributed by atoms with van der Waals surface area (Å²) in [4.78, 5) is 12.2. The van der Waals surface area contributed by atoms with E-state index in [2.05, 4.69) is 15.1 Å². The van der Waals surface area contributed by atoms with Crippen molar-refractivity contribution in [2.75, 3.05) is 18.0 Å². The van der Waals surface area contributed by atoms with E-state index in [0.29, 0.717) is 0 Å². The number of rotatable bonds is 6. The van der Waals surface area contributed by atoms with Crippen molar-refractivity contribution in [3.63, 3.8) is 0 Å². The van der Waals surface area contributed by atoms with Gasteiger partial charge in [0.15, 0.2) is 0 Å². The number of nitrogens with zero attached hydrogens (tertiary/aromatic N) is 4. The van der Waals surface area contributed by atoms with Gasteiger partial charge in [-0.05, 0) is 32.0 Å². The molecular weight excluding hydrogens is 312 g/mol. The normalized spacial score (nSPS) is 10.9. The van der Waals surface area contributed by atoms with Gasteiger partial charge in [-0.3, -0.25) is 10.1 Å². The maximum absolute atomic E-state index is 10.8. The maximum atomic E-state index is 10.8. The Hall–Kier alpha value is -3.16. The van der Waals surface area contributed by atoms with Crippen LogP contribution in [0.4, 0.5) is 22.7 Å². The van der Waals surface area contributed by atoms with Crippen LogP contribution < -0.4 is 4.90 Å². The lowest BCUT2D eigenvalue weighted by molar-refractivity contribution is -0.384. The van der Waals surface area contributed by atoms with Gasteiger partial charge in [0.05, 0.1) is 4.92 Å². The van der Waals surface area contributed by atoms with E-state index in [1.165, 1.54) is 12.1 Å². The van der Waals surface area contributed by atoms with Gasteiger partial charge in [-0.25, -0.2) is 0 Å². The van der Waals surface area contributed by atoms with E-state index in [4.69, 9.17) is 0 Å². The molecule has 0 heterocycles. The first-order chi connectivity index (χ1) is 11.5. The lowest BCUT2D eigenvalue weighted by Crippen LogP contribution is -2.21. The Balaban J connectivity index is 2.29. The number of benzene rings is 2. The molecule has 0 amide bonds. The Morgan fingerprint density at radius 2 is 1.67 bits per heavy atom. The SMILES string of the molecule is CCN(CC)c1ccc(N=Nc2cc([N+](=O)[O-])ccc2O)c(O)c1. The molecule has 24 heavy (non-hydrogen) atoms. The molecule has 126 valence electrons. The third-order valence-corrected chi connectivity index (χ3v) is 3.52. The summed E-state index contributed by atoms with van der Waals surface area (Å²) >= 11 is 0. The zero-order chi connectivity index (χ0) is 17.7. The van der Waals surface area contributed by atoms with Gasteiger partial charge in [-0.1, -0.05) is 0 Å². The molecule has 0 saturated carbocycles. The Kier molecular flexibility index (Phi) is 5.31. The van der Waals surface area contributed by atoms with Crippen molar-refractivity contribution >= 4 is 22.7 Å². The van der Waals surface area contributed by atoms with Crippen molar-refractivity contribution in [2.45, 2.75) is 13.8 Å². The van der Waals surface area contributed by atoms with E-state index >= 15 is 0 Å². The van der Waals surface area contributed by atoms with Gasteiger partial charge in [0.2, 0.25) is 0 Å². The van der Waals surface area contributed by atoms with E-state index in [1.807, 2.05) is 13.8 Å². The molecule has 0 radical (unpaired) electrons. The molecule has 0 saturated heterocycles. The van der Waals surface area contributed by atoms with Gasteiger partial charge in [0.25, 0.3) is 5.69 Å². The molecular formula is C16H18N4O4. The largest absolute Gasteiger partial charge is 0.506 e. The van der Waals surface area contributed by atoms with Crippen LogP contribution in [0.25, 0.3) is 0 Å². The van der Waals surface area contributed by atoms with E-state index in [1.54, 1.807) is 18.2 Å². The summed E-state index contributed by atoms with van der Waals surface area (Å²) in [5.41, 5.74) is 0.811. The molecule has 0 aromatic heterocycles. The number of hydrogen-bond donors (Lipinski definition) is 2. The average Bonchev–Trinajstić information content (AvgIpc) is 2.56. The van der Waals surface area contributed by atoms with Gasteiger partial charge in [0.1, 0.15) is 22.9 Å². The summed E-state index contributed by atoms with van der Waals surface area (Å²) < 4.78 is 0. The van der Waals surface area contributed by atoms with Crippen molar-refractivity contribution < 1.29 is 15.1 Å². The first-order valence-corrected chi connectivity index (χ1v) is 7.43. The van der Waals surface area contributed by atoms with Crippen LogP contribution in [0.3, 0.4) is 0 Å². The molecule has 0 aliphatic carbocycles. The number of aromatic hydroxyl groups is 2. The zero-order valence-corrected chi connectivity index (χ0v) is 13.4. The van der Waals surface area contributed by atoms with Gasteiger partial charge in [-0.2, -0.15) is 0 Å². The first kappa shape index (κ1) is 17.2. The molecule has 0 bridgehead atoms. The molecule has 0 unspecified atom stereocenters. The molecule has 0 spiro atoms. The molecule has 0 atom stereocenters. The molecule has 8 heteroatoms. The fourth-order valence-corrected chi connectivity index (χ4v) is 2.20. The van der Waals surface area contributed by atoms with Crippen LogP contribution >= 0.6 is 0 Å². The fraction of sp³-hybridized carbons (Fsp3) is 0.250. The number of hydrogen-bond acceptors (Lipinski definition) is 7. The lowest BCUT2D eigenvalue weighted by atomic mass is 10.2. The number of phenolic OH excluding ortho intramolecular Hbond substituents is 2. The van der Waals surface area contributed by atoms with Crippen LogP contribution in [-0.2, 0) is 0 Å². The predicted octanol–water partition coefficient (Wildman–Crippen LogP) is 4.27. The van der Waals surface area contributed by atoms with Gasteiger partial charge >= 0.3 is 0 Å². The van der Waals surface area contributed by atoms with Crippen LogP contribution in [0.2, 0.25) is 0 Å². The monoisotopic (exact) mass is 330 g/mol. The fourth-order valence-electron chi connectivity index (χ4n) is 2.20. The highest BCUT2D eigenvalue weighted by Crippen LogP contribution is 2.35. The number of non-ortho nitro benzene ring substituents is 1. The molecule has 2 aromatic carbocycles. The second kappa shape index (κ2) is 7.40. The Labute approximate surface area is 138 Å². The van der Waals surface area contributed by atoms with Crippen molar-refractivity contribution in [1.82, 2.24) is 0 Å². The highest BCUT2D eigenvalue weighted by Gasteiger charge is 2.11. The summed E-state index contributed by atoms with van der Waals surface area (Å²) in [6.07, 6.45) is 0. The highest BCUT2D eigenvalue weighted by atomic mass is 16.6. The van der Waals surface area contributed by atoms with E-state index < -0.39 is 4.92 Å². The molecule has 0 fully saturated rings. The van der Waals surface area contributed by atoms with E-state index in [-0.39, 0.29) is 28.6 Å². The molecule has 2 aromatic rings.